The van der Waals surface area contributed by atoms with E-state index in [1.807, 2.05) is 18.2 Å². The maximum Gasteiger partial charge on any atom is 0.414 e. The first-order chi connectivity index (χ1) is 16.5. The molecular weight excluding hydrogens is 482 g/mol. The molecule has 0 unspecified atom stereocenters. The summed E-state index contributed by atoms with van der Waals surface area (Å²) in [5, 5.41) is 17.4. The Kier molecular flexibility index (Phi) is 9.73. The molecule has 35 heavy (non-hydrogen) atoms. The molecular formula is C22H25N3O9S. The minimum absolute atomic E-state index is 0.0820. The fraction of sp³-hybridized carbons (Fsp3) is 0.273. The Morgan fingerprint density at radius 3 is 1.91 bits per heavy atom. The van der Waals surface area contributed by atoms with Gasteiger partial charge >= 0.3 is 11.9 Å². The molecule has 1 saturated heterocycles. The number of anilines is 1. The Hall–Kier alpha value is -3.97. The number of hydrogen-bond acceptors (Lipinski definition) is 7. The lowest BCUT2D eigenvalue weighted by Crippen LogP contribution is -2.51. The summed E-state index contributed by atoms with van der Waals surface area (Å²) in [7, 11) is -3.66. The molecule has 13 heteroatoms. The molecule has 0 saturated carbocycles. The first-order valence-corrected chi connectivity index (χ1v) is 11.7. The maximum atomic E-state index is 12.8. The number of hydrogen-bond donors (Lipinski definition) is 3. The molecule has 0 aliphatic carbocycles. The summed E-state index contributed by atoms with van der Waals surface area (Å²) >= 11 is 0. The van der Waals surface area contributed by atoms with E-state index in [0.29, 0.717) is 24.5 Å². The van der Waals surface area contributed by atoms with E-state index in [9.17, 15) is 18.0 Å². The van der Waals surface area contributed by atoms with Crippen molar-refractivity contribution in [2.24, 2.45) is 0 Å². The number of nitrogens with zero attached hydrogens (tertiary/aromatic N) is 2. The highest BCUT2D eigenvalue weighted by Crippen LogP contribution is 2.20. The van der Waals surface area contributed by atoms with E-state index in [-0.39, 0.29) is 36.4 Å². The van der Waals surface area contributed by atoms with Crippen molar-refractivity contribution in [3.05, 3.63) is 54.6 Å². The molecule has 0 atom stereocenters. The number of nitrogens with one attached hydrogen (secondary N) is 1. The van der Waals surface area contributed by atoms with Gasteiger partial charge in [-0.15, -0.1) is 0 Å². The van der Waals surface area contributed by atoms with Crippen molar-refractivity contribution in [1.82, 2.24) is 9.21 Å². The molecule has 0 spiro atoms. The Bertz CT molecular complexity index is 1130. The Labute approximate surface area is 201 Å². The van der Waals surface area contributed by atoms with Gasteiger partial charge in [0.1, 0.15) is 5.75 Å². The molecule has 0 bridgehead atoms. The second-order valence-electron chi connectivity index (χ2n) is 7.20. The number of benzene rings is 2. The van der Waals surface area contributed by atoms with Gasteiger partial charge in [0.25, 0.3) is 5.91 Å². The number of sulfonamides is 1. The molecule has 12 nitrogen and oxygen atoms in total. The highest BCUT2D eigenvalue weighted by Gasteiger charge is 2.30. The molecule has 1 aliphatic heterocycles. The number of carboxylic acids is 2. The third-order valence-electron chi connectivity index (χ3n) is 4.69. The van der Waals surface area contributed by atoms with E-state index in [1.54, 1.807) is 29.2 Å². The largest absolute Gasteiger partial charge is 0.484 e. The smallest absolute Gasteiger partial charge is 0.414 e. The molecule has 188 valence electrons. The SMILES string of the molecule is CC(=O)Nc1ccc(S(=O)(=O)N2CCN(C(=O)COc3ccccc3)CC2)cc1.O=C(O)C(=O)O. The lowest BCUT2D eigenvalue weighted by molar-refractivity contribution is -0.159. The fourth-order valence-electron chi connectivity index (χ4n) is 2.99. The van der Waals surface area contributed by atoms with Crippen molar-refractivity contribution in [3.63, 3.8) is 0 Å². The van der Waals surface area contributed by atoms with Crippen LogP contribution in [0.15, 0.2) is 59.5 Å². The average molecular weight is 508 g/mol. The Morgan fingerprint density at radius 1 is 0.886 bits per heavy atom. The van der Waals surface area contributed by atoms with Crippen LogP contribution in [0.2, 0.25) is 0 Å². The van der Waals surface area contributed by atoms with Crippen molar-refractivity contribution < 1.29 is 42.5 Å². The summed E-state index contributed by atoms with van der Waals surface area (Å²) in [5.74, 6) is -3.43. The van der Waals surface area contributed by atoms with E-state index in [2.05, 4.69) is 5.32 Å². The number of piperazine rings is 1. The first kappa shape index (κ1) is 27.3. The highest BCUT2D eigenvalue weighted by atomic mass is 32.2. The van der Waals surface area contributed by atoms with Gasteiger partial charge in [-0.25, -0.2) is 18.0 Å². The number of rotatable bonds is 6. The standard InChI is InChI=1S/C20H23N3O5S.C2H2O4/c1-16(24)21-17-7-9-19(10-8-17)29(26,27)23-13-11-22(12-14-23)20(25)15-28-18-5-3-2-4-6-18;3-1(4)2(5)6/h2-10H,11-15H2,1H3,(H,21,24);(H,3,4)(H,5,6). The highest BCUT2D eigenvalue weighted by molar-refractivity contribution is 7.89. The van der Waals surface area contributed by atoms with Gasteiger partial charge in [-0.3, -0.25) is 9.59 Å². The molecule has 2 aromatic rings. The van der Waals surface area contributed by atoms with Gasteiger partial charge in [0.15, 0.2) is 6.61 Å². The number of ether oxygens (including phenoxy) is 1. The van der Waals surface area contributed by atoms with Crippen molar-refractivity contribution in [2.75, 3.05) is 38.1 Å². The summed E-state index contributed by atoms with van der Waals surface area (Å²) in [6, 6.07) is 15.1. The summed E-state index contributed by atoms with van der Waals surface area (Å²) in [4.78, 5) is 43.4. The Balaban J connectivity index is 0.000000641. The number of aliphatic carboxylic acids is 2. The minimum atomic E-state index is -3.66. The molecule has 2 aromatic carbocycles. The predicted octanol–water partition coefficient (Wildman–Crippen LogP) is 0.712. The normalized spacial score (nSPS) is 13.7. The maximum absolute atomic E-state index is 12.8. The second-order valence-corrected chi connectivity index (χ2v) is 9.14. The summed E-state index contributed by atoms with van der Waals surface area (Å²) in [6.45, 7) is 2.35. The van der Waals surface area contributed by atoms with Crippen LogP contribution in [0.1, 0.15) is 6.92 Å². The quantitative estimate of drug-likeness (QED) is 0.476. The first-order valence-electron chi connectivity index (χ1n) is 10.3. The molecule has 1 aliphatic rings. The topological polar surface area (TPSA) is 171 Å². The molecule has 0 radical (unpaired) electrons. The van der Waals surface area contributed by atoms with Gasteiger partial charge in [0.05, 0.1) is 4.90 Å². The van der Waals surface area contributed by atoms with Crippen LogP contribution in [0.4, 0.5) is 5.69 Å². The molecule has 2 amide bonds. The van der Waals surface area contributed by atoms with Gasteiger partial charge in [-0.05, 0) is 36.4 Å². The van der Waals surface area contributed by atoms with Crippen LogP contribution in [0, 0.1) is 0 Å². The molecule has 3 N–H and O–H groups in total. The van der Waals surface area contributed by atoms with E-state index in [0.717, 1.165) is 0 Å². The molecule has 3 rings (SSSR count). The summed E-state index contributed by atoms with van der Waals surface area (Å²) in [6.07, 6.45) is 0. The lowest BCUT2D eigenvalue weighted by Gasteiger charge is -2.34. The third-order valence-corrected chi connectivity index (χ3v) is 6.61. The molecule has 1 fully saturated rings. The van der Waals surface area contributed by atoms with Crippen molar-refractivity contribution in [1.29, 1.82) is 0 Å². The van der Waals surface area contributed by atoms with E-state index in [4.69, 9.17) is 24.5 Å². The Morgan fingerprint density at radius 2 is 1.43 bits per heavy atom. The van der Waals surface area contributed by atoms with Crippen LogP contribution >= 0.6 is 0 Å². The number of amides is 2. The van der Waals surface area contributed by atoms with Crippen LogP contribution in [-0.4, -0.2) is 84.4 Å². The van der Waals surface area contributed by atoms with Gasteiger partial charge in [-0.2, -0.15) is 4.31 Å². The van der Waals surface area contributed by atoms with E-state index in [1.165, 1.54) is 23.4 Å². The van der Waals surface area contributed by atoms with Gasteiger partial charge in [-0.1, -0.05) is 18.2 Å². The van der Waals surface area contributed by atoms with Gasteiger partial charge in [0.2, 0.25) is 15.9 Å². The van der Waals surface area contributed by atoms with Gasteiger partial charge in [0, 0.05) is 38.8 Å². The van der Waals surface area contributed by atoms with Crippen molar-refractivity contribution in [2.45, 2.75) is 11.8 Å². The van der Waals surface area contributed by atoms with Crippen LogP contribution in [0.3, 0.4) is 0 Å². The van der Waals surface area contributed by atoms with Crippen LogP contribution in [0.25, 0.3) is 0 Å². The monoisotopic (exact) mass is 507 g/mol. The summed E-state index contributed by atoms with van der Waals surface area (Å²) in [5.41, 5.74) is 0.533. The van der Waals surface area contributed by atoms with Crippen LogP contribution in [-0.2, 0) is 29.2 Å². The zero-order chi connectivity index (χ0) is 26.0. The zero-order valence-electron chi connectivity index (χ0n) is 18.8. The predicted molar refractivity (Wildman–Crippen MR) is 123 cm³/mol. The van der Waals surface area contributed by atoms with Crippen LogP contribution < -0.4 is 10.1 Å². The molecule has 1 heterocycles. The van der Waals surface area contributed by atoms with E-state index >= 15 is 0 Å². The minimum Gasteiger partial charge on any atom is -0.484 e. The van der Waals surface area contributed by atoms with Gasteiger partial charge < -0.3 is 25.2 Å². The number of carbonyl (C=O) groups is 4. The summed E-state index contributed by atoms with van der Waals surface area (Å²) < 4.78 is 32.5. The number of para-hydroxylation sites is 1. The number of carbonyl (C=O) groups excluding carboxylic acids is 2. The zero-order valence-corrected chi connectivity index (χ0v) is 19.6. The van der Waals surface area contributed by atoms with E-state index < -0.39 is 22.0 Å². The number of carboxylic acid groups (broad SMARTS) is 2. The van der Waals surface area contributed by atoms with Crippen molar-refractivity contribution in [3.8, 4) is 5.75 Å². The third kappa shape index (κ3) is 8.39. The fourth-order valence-corrected chi connectivity index (χ4v) is 4.42. The lowest BCUT2D eigenvalue weighted by atomic mass is 10.3. The molecule has 0 aromatic heterocycles. The average Bonchev–Trinajstić information content (AvgIpc) is 2.83. The second kappa shape index (κ2) is 12.5. The van der Waals surface area contributed by atoms with Crippen LogP contribution in [0.5, 0.6) is 5.75 Å². The van der Waals surface area contributed by atoms with Crippen molar-refractivity contribution >= 4 is 39.5 Å².